The third-order valence-corrected chi connectivity index (χ3v) is 2.69. The second-order valence-corrected chi connectivity index (χ2v) is 4.88. The zero-order valence-electron chi connectivity index (χ0n) is 9.15. The zero-order chi connectivity index (χ0) is 11.4. The summed E-state index contributed by atoms with van der Waals surface area (Å²) in [6.07, 6.45) is 1.04. The van der Waals surface area contributed by atoms with Crippen LogP contribution in [0.4, 0.5) is 5.13 Å². The minimum absolute atomic E-state index is 0.110. The van der Waals surface area contributed by atoms with Crippen molar-refractivity contribution in [2.24, 2.45) is 5.92 Å². The molecule has 0 fully saturated rings. The van der Waals surface area contributed by atoms with Crippen LogP contribution in [0.2, 0.25) is 0 Å². The Labute approximate surface area is 93.4 Å². The van der Waals surface area contributed by atoms with Gasteiger partial charge in [0.25, 0.3) is 0 Å². The lowest BCUT2D eigenvalue weighted by Crippen LogP contribution is -2.17. The molecule has 1 heterocycles. The van der Waals surface area contributed by atoms with E-state index in [1.165, 1.54) is 11.3 Å². The molecule has 0 aliphatic rings. The number of nitrogens with one attached hydrogen (secondary N) is 1. The van der Waals surface area contributed by atoms with Gasteiger partial charge in [-0.15, -0.1) is 11.3 Å². The Balaban J connectivity index is 2.53. The number of rotatable bonds is 5. The molecule has 15 heavy (non-hydrogen) atoms. The van der Waals surface area contributed by atoms with Crippen molar-refractivity contribution >= 4 is 22.4 Å². The first-order chi connectivity index (χ1) is 6.99. The Morgan fingerprint density at radius 1 is 1.60 bits per heavy atom. The Morgan fingerprint density at radius 3 is 2.73 bits per heavy atom. The van der Waals surface area contributed by atoms with Crippen LogP contribution < -0.4 is 5.32 Å². The van der Waals surface area contributed by atoms with Gasteiger partial charge in [0.1, 0.15) is 0 Å². The Morgan fingerprint density at radius 2 is 2.27 bits per heavy atom. The van der Waals surface area contributed by atoms with Crippen molar-refractivity contribution < 1.29 is 9.90 Å². The number of hydrogen-bond donors (Lipinski definition) is 2. The van der Waals surface area contributed by atoms with Crippen LogP contribution in [-0.4, -0.2) is 22.1 Å². The number of carboxylic acid groups (broad SMARTS) is 1. The number of nitrogens with zero attached hydrogens (tertiary/aromatic N) is 1. The first kappa shape index (κ1) is 12.0. The van der Waals surface area contributed by atoms with Gasteiger partial charge in [-0.25, -0.2) is 9.78 Å². The van der Waals surface area contributed by atoms with Gasteiger partial charge in [0.05, 0.1) is 0 Å². The minimum Gasteiger partial charge on any atom is -0.476 e. The molecule has 1 aromatic heterocycles. The second-order valence-electron chi connectivity index (χ2n) is 4.02. The highest BCUT2D eigenvalue weighted by Gasteiger charge is 2.11. The summed E-state index contributed by atoms with van der Waals surface area (Å²) in [6.45, 7) is 6.38. The quantitative estimate of drug-likeness (QED) is 0.813. The molecule has 0 spiro atoms. The average Bonchev–Trinajstić information content (AvgIpc) is 2.50. The molecule has 0 radical (unpaired) electrons. The summed E-state index contributed by atoms with van der Waals surface area (Å²) >= 11 is 1.33. The summed E-state index contributed by atoms with van der Waals surface area (Å²) in [5, 5.41) is 14.1. The van der Waals surface area contributed by atoms with Crippen LogP contribution in [0.3, 0.4) is 0 Å². The maximum atomic E-state index is 10.6. The van der Waals surface area contributed by atoms with Crippen LogP contribution in [0.5, 0.6) is 0 Å². The van der Waals surface area contributed by atoms with E-state index in [9.17, 15) is 4.79 Å². The van der Waals surface area contributed by atoms with Crippen molar-refractivity contribution in [1.82, 2.24) is 4.98 Å². The summed E-state index contributed by atoms with van der Waals surface area (Å²) < 4.78 is 0. The summed E-state index contributed by atoms with van der Waals surface area (Å²) in [5.74, 6) is -0.359. The Hall–Kier alpha value is -1.10. The van der Waals surface area contributed by atoms with E-state index >= 15 is 0 Å². The lowest BCUT2D eigenvalue weighted by atomic mass is 10.1. The van der Waals surface area contributed by atoms with E-state index in [0.717, 1.165) is 6.42 Å². The highest BCUT2D eigenvalue weighted by atomic mass is 32.1. The molecular weight excluding hydrogens is 212 g/mol. The van der Waals surface area contributed by atoms with Crippen LogP contribution in [-0.2, 0) is 0 Å². The third-order valence-electron chi connectivity index (χ3n) is 1.92. The number of aromatic nitrogens is 1. The van der Waals surface area contributed by atoms with Gasteiger partial charge >= 0.3 is 5.97 Å². The molecule has 2 N–H and O–H groups in total. The van der Waals surface area contributed by atoms with Crippen molar-refractivity contribution in [2.75, 3.05) is 5.32 Å². The van der Waals surface area contributed by atoms with E-state index in [4.69, 9.17) is 5.11 Å². The standard InChI is InChI=1S/C10H16N2O2S/c1-6(2)4-7(3)11-10-12-8(5-15-10)9(13)14/h5-7H,4H2,1-3H3,(H,11,12)(H,13,14). The molecular formula is C10H16N2O2S. The third kappa shape index (κ3) is 3.87. The van der Waals surface area contributed by atoms with E-state index in [-0.39, 0.29) is 5.69 Å². The van der Waals surface area contributed by atoms with E-state index in [1.54, 1.807) is 5.38 Å². The first-order valence-corrected chi connectivity index (χ1v) is 5.82. The molecule has 4 nitrogen and oxygen atoms in total. The molecule has 1 rings (SSSR count). The van der Waals surface area contributed by atoms with Crippen LogP contribution in [0.25, 0.3) is 0 Å². The molecule has 0 saturated carbocycles. The van der Waals surface area contributed by atoms with E-state index in [2.05, 4.69) is 31.1 Å². The first-order valence-electron chi connectivity index (χ1n) is 4.94. The van der Waals surface area contributed by atoms with Gasteiger partial charge in [-0.05, 0) is 19.3 Å². The van der Waals surface area contributed by atoms with E-state index < -0.39 is 5.97 Å². The van der Waals surface area contributed by atoms with Gasteiger partial charge < -0.3 is 10.4 Å². The van der Waals surface area contributed by atoms with Gasteiger partial charge in [0.15, 0.2) is 10.8 Å². The maximum absolute atomic E-state index is 10.6. The van der Waals surface area contributed by atoms with Crippen molar-refractivity contribution in [2.45, 2.75) is 33.2 Å². The average molecular weight is 228 g/mol. The van der Waals surface area contributed by atoms with Crippen molar-refractivity contribution in [3.63, 3.8) is 0 Å². The van der Waals surface area contributed by atoms with Crippen LogP contribution in [0, 0.1) is 5.92 Å². The molecule has 1 aromatic rings. The topological polar surface area (TPSA) is 62.2 Å². The van der Waals surface area contributed by atoms with Gasteiger partial charge in [0.2, 0.25) is 0 Å². The van der Waals surface area contributed by atoms with Crippen molar-refractivity contribution in [1.29, 1.82) is 0 Å². The second kappa shape index (κ2) is 5.11. The summed E-state index contributed by atoms with van der Waals surface area (Å²) in [5.41, 5.74) is 0.110. The van der Waals surface area contributed by atoms with Gasteiger partial charge in [-0.2, -0.15) is 0 Å². The number of thiazole rings is 1. The summed E-state index contributed by atoms with van der Waals surface area (Å²) in [6, 6.07) is 0.317. The lowest BCUT2D eigenvalue weighted by molar-refractivity contribution is 0.0691. The highest BCUT2D eigenvalue weighted by molar-refractivity contribution is 7.13. The molecule has 5 heteroatoms. The Kier molecular flexibility index (Phi) is 4.08. The molecule has 1 atom stereocenters. The number of carboxylic acids is 1. The van der Waals surface area contributed by atoms with E-state index in [1.807, 2.05) is 0 Å². The number of carbonyl (C=O) groups is 1. The number of anilines is 1. The molecule has 0 saturated heterocycles. The smallest absolute Gasteiger partial charge is 0.355 e. The highest BCUT2D eigenvalue weighted by Crippen LogP contribution is 2.18. The zero-order valence-corrected chi connectivity index (χ0v) is 9.97. The molecule has 1 unspecified atom stereocenters. The van der Waals surface area contributed by atoms with E-state index in [0.29, 0.717) is 17.1 Å². The monoisotopic (exact) mass is 228 g/mol. The van der Waals surface area contributed by atoms with Gasteiger partial charge in [-0.1, -0.05) is 13.8 Å². The summed E-state index contributed by atoms with van der Waals surface area (Å²) in [4.78, 5) is 14.6. The lowest BCUT2D eigenvalue weighted by Gasteiger charge is -2.14. The minimum atomic E-state index is -0.976. The predicted molar refractivity (Wildman–Crippen MR) is 61.6 cm³/mol. The largest absolute Gasteiger partial charge is 0.476 e. The fourth-order valence-electron chi connectivity index (χ4n) is 1.42. The SMILES string of the molecule is CC(C)CC(C)Nc1nc(C(=O)O)cs1. The van der Waals surface area contributed by atoms with Crippen LogP contribution in [0.15, 0.2) is 5.38 Å². The van der Waals surface area contributed by atoms with Crippen LogP contribution >= 0.6 is 11.3 Å². The molecule has 0 amide bonds. The van der Waals surface area contributed by atoms with Crippen LogP contribution in [0.1, 0.15) is 37.7 Å². The van der Waals surface area contributed by atoms with Crippen molar-refractivity contribution in [3.05, 3.63) is 11.1 Å². The molecule has 0 aliphatic heterocycles. The maximum Gasteiger partial charge on any atom is 0.355 e. The molecule has 0 bridgehead atoms. The normalized spacial score (nSPS) is 12.8. The van der Waals surface area contributed by atoms with Gasteiger partial charge in [0, 0.05) is 11.4 Å². The number of hydrogen-bond acceptors (Lipinski definition) is 4. The summed E-state index contributed by atoms with van der Waals surface area (Å²) in [7, 11) is 0. The van der Waals surface area contributed by atoms with Gasteiger partial charge in [-0.3, -0.25) is 0 Å². The predicted octanol–water partition coefficient (Wildman–Crippen LogP) is 2.69. The van der Waals surface area contributed by atoms with Crippen molar-refractivity contribution in [3.8, 4) is 0 Å². The fraction of sp³-hybridized carbons (Fsp3) is 0.600. The molecule has 84 valence electrons. The molecule has 0 aliphatic carbocycles. The molecule has 0 aromatic carbocycles. The number of aromatic carboxylic acids is 1. The fourth-order valence-corrected chi connectivity index (χ4v) is 2.21. The Bertz CT molecular complexity index is 336.